The molecule has 3 heterocycles. The van der Waals surface area contributed by atoms with Gasteiger partial charge >= 0.3 is 0 Å². The fourth-order valence-electron chi connectivity index (χ4n) is 4.16. The zero-order valence-electron chi connectivity index (χ0n) is 15.8. The second kappa shape index (κ2) is 11.3. The molecule has 152 valence electrons. The van der Waals surface area contributed by atoms with Crippen LogP contribution in [0.1, 0.15) is 39.0 Å². The Labute approximate surface area is 169 Å². The van der Waals surface area contributed by atoms with Gasteiger partial charge in [0.1, 0.15) is 0 Å². The van der Waals surface area contributed by atoms with Crippen molar-refractivity contribution in [3.63, 3.8) is 0 Å². The van der Waals surface area contributed by atoms with E-state index in [2.05, 4.69) is 10.2 Å². The van der Waals surface area contributed by atoms with E-state index < -0.39 is 0 Å². The minimum absolute atomic E-state index is 0. The summed E-state index contributed by atoms with van der Waals surface area (Å²) in [6.07, 6.45) is 5.16. The van der Waals surface area contributed by atoms with Crippen molar-refractivity contribution in [2.24, 2.45) is 5.92 Å². The van der Waals surface area contributed by atoms with E-state index in [0.29, 0.717) is 18.2 Å². The predicted octanol–water partition coefficient (Wildman–Crippen LogP) is 1.37. The fourth-order valence-corrected chi connectivity index (χ4v) is 4.16. The van der Waals surface area contributed by atoms with Crippen LogP contribution in [0.3, 0.4) is 0 Å². The lowest BCUT2D eigenvalue weighted by Gasteiger charge is -2.38. The van der Waals surface area contributed by atoms with Gasteiger partial charge in [0.05, 0.1) is 6.04 Å². The summed E-state index contributed by atoms with van der Waals surface area (Å²) < 4.78 is 0. The summed E-state index contributed by atoms with van der Waals surface area (Å²) in [6, 6.07) is -0.0510. The third-order valence-corrected chi connectivity index (χ3v) is 5.92. The number of likely N-dealkylation sites (tertiary alicyclic amines) is 1. The smallest absolute Gasteiger partial charge is 0.239 e. The molecule has 0 saturated carbocycles. The predicted molar refractivity (Wildman–Crippen MR) is 108 cm³/mol. The number of piperazine rings is 1. The molecule has 2 amide bonds. The molecule has 0 bridgehead atoms. The van der Waals surface area contributed by atoms with Crippen molar-refractivity contribution in [2.45, 2.75) is 45.1 Å². The van der Waals surface area contributed by atoms with Gasteiger partial charge in [-0.05, 0) is 51.6 Å². The molecular weight excluding hydrogens is 375 g/mol. The first-order valence-corrected chi connectivity index (χ1v) is 9.66. The van der Waals surface area contributed by atoms with Gasteiger partial charge in [-0.1, -0.05) is 0 Å². The van der Waals surface area contributed by atoms with Crippen LogP contribution in [0.2, 0.25) is 0 Å². The molecule has 26 heavy (non-hydrogen) atoms. The molecule has 0 aliphatic carbocycles. The van der Waals surface area contributed by atoms with E-state index in [1.807, 2.05) is 16.7 Å². The molecule has 2 unspecified atom stereocenters. The molecule has 1 N–H and O–H groups in total. The number of nitrogens with one attached hydrogen (secondary N) is 1. The summed E-state index contributed by atoms with van der Waals surface area (Å²) in [7, 11) is 0. The van der Waals surface area contributed by atoms with Gasteiger partial charge in [-0.3, -0.25) is 14.5 Å². The van der Waals surface area contributed by atoms with Gasteiger partial charge < -0.3 is 15.1 Å². The lowest BCUT2D eigenvalue weighted by atomic mass is 10.0. The average molecular weight is 409 g/mol. The lowest BCUT2D eigenvalue weighted by Crippen LogP contribution is -2.55. The topological polar surface area (TPSA) is 55.9 Å². The summed E-state index contributed by atoms with van der Waals surface area (Å²) in [6.45, 7) is 9.17. The number of hydrogen-bond donors (Lipinski definition) is 1. The Balaban J connectivity index is 0.00000169. The monoisotopic (exact) mass is 408 g/mol. The SMILES string of the molecule is CC(C(=O)N1CCCC1)N1CCN(C(=O)CCC2CCNC2)CC1.Cl.Cl. The van der Waals surface area contributed by atoms with E-state index in [9.17, 15) is 9.59 Å². The average Bonchev–Trinajstić information content (AvgIpc) is 3.32. The summed E-state index contributed by atoms with van der Waals surface area (Å²) in [5.74, 6) is 1.23. The van der Waals surface area contributed by atoms with Crippen molar-refractivity contribution in [2.75, 3.05) is 52.4 Å². The normalized spacial score (nSPS) is 24.7. The third-order valence-electron chi connectivity index (χ3n) is 5.92. The highest BCUT2D eigenvalue weighted by molar-refractivity contribution is 5.85. The largest absolute Gasteiger partial charge is 0.341 e. The van der Waals surface area contributed by atoms with E-state index >= 15 is 0 Å². The first-order chi connectivity index (χ1) is 11.6. The lowest BCUT2D eigenvalue weighted by molar-refractivity contribution is -0.138. The van der Waals surface area contributed by atoms with Gasteiger partial charge in [0.2, 0.25) is 11.8 Å². The van der Waals surface area contributed by atoms with Crippen LogP contribution in [0.4, 0.5) is 0 Å². The number of carbonyl (C=O) groups excluding carboxylic acids is 2. The fraction of sp³-hybridized carbons (Fsp3) is 0.889. The van der Waals surface area contributed by atoms with E-state index in [4.69, 9.17) is 0 Å². The van der Waals surface area contributed by atoms with Crippen LogP contribution in [0.5, 0.6) is 0 Å². The Morgan fingerprint density at radius 3 is 2.23 bits per heavy atom. The molecule has 3 rings (SSSR count). The van der Waals surface area contributed by atoms with Gasteiger partial charge in [0, 0.05) is 45.7 Å². The van der Waals surface area contributed by atoms with Crippen LogP contribution >= 0.6 is 24.8 Å². The first-order valence-electron chi connectivity index (χ1n) is 9.66. The van der Waals surface area contributed by atoms with Gasteiger partial charge in [-0.2, -0.15) is 0 Å². The van der Waals surface area contributed by atoms with E-state index in [1.54, 1.807) is 0 Å². The molecule has 0 radical (unpaired) electrons. The van der Waals surface area contributed by atoms with Gasteiger partial charge in [0.25, 0.3) is 0 Å². The molecule has 0 aromatic rings. The minimum atomic E-state index is -0.0510. The Hall–Kier alpha value is -0.560. The molecule has 3 aliphatic heterocycles. The number of rotatable bonds is 5. The Bertz CT molecular complexity index is 446. The highest BCUT2D eigenvalue weighted by atomic mass is 35.5. The van der Waals surface area contributed by atoms with Gasteiger partial charge in [-0.15, -0.1) is 24.8 Å². The zero-order chi connectivity index (χ0) is 16.9. The summed E-state index contributed by atoms with van der Waals surface area (Å²) >= 11 is 0. The van der Waals surface area contributed by atoms with Gasteiger partial charge in [-0.25, -0.2) is 0 Å². The second-order valence-electron chi connectivity index (χ2n) is 7.52. The number of nitrogens with zero attached hydrogens (tertiary/aromatic N) is 3. The first kappa shape index (κ1) is 23.5. The molecule has 0 aromatic carbocycles. The second-order valence-corrected chi connectivity index (χ2v) is 7.52. The molecule has 3 aliphatic rings. The summed E-state index contributed by atoms with van der Waals surface area (Å²) in [5, 5.41) is 3.36. The van der Waals surface area contributed by atoms with Crippen LogP contribution in [0.25, 0.3) is 0 Å². The molecule has 0 spiro atoms. The van der Waals surface area contributed by atoms with Crippen LogP contribution in [0.15, 0.2) is 0 Å². The third kappa shape index (κ3) is 5.98. The van der Waals surface area contributed by atoms with Crippen molar-refractivity contribution in [3.8, 4) is 0 Å². The van der Waals surface area contributed by atoms with E-state index in [1.165, 1.54) is 6.42 Å². The van der Waals surface area contributed by atoms with Crippen molar-refractivity contribution in [1.29, 1.82) is 0 Å². The maximum Gasteiger partial charge on any atom is 0.239 e. The number of hydrogen-bond acceptors (Lipinski definition) is 4. The minimum Gasteiger partial charge on any atom is -0.341 e. The van der Waals surface area contributed by atoms with Crippen LogP contribution in [0, 0.1) is 5.92 Å². The van der Waals surface area contributed by atoms with Crippen molar-refractivity contribution < 1.29 is 9.59 Å². The number of halogens is 2. The molecule has 6 nitrogen and oxygen atoms in total. The van der Waals surface area contributed by atoms with E-state index in [0.717, 1.165) is 71.6 Å². The maximum atomic E-state index is 12.5. The van der Waals surface area contributed by atoms with Crippen LogP contribution < -0.4 is 5.32 Å². The van der Waals surface area contributed by atoms with Crippen LogP contribution in [-0.2, 0) is 9.59 Å². The van der Waals surface area contributed by atoms with Crippen molar-refractivity contribution in [1.82, 2.24) is 20.0 Å². The standard InChI is InChI=1S/C18H32N4O2.2ClH/c1-15(18(24)22-8-2-3-9-22)20-10-12-21(13-11-20)17(23)5-4-16-6-7-19-14-16;;/h15-16,19H,2-14H2,1H3;2*1H. The summed E-state index contributed by atoms with van der Waals surface area (Å²) in [5.41, 5.74) is 0. The quantitative estimate of drug-likeness (QED) is 0.746. The Kier molecular flexibility index (Phi) is 10.2. The molecular formula is C18H34Cl2N4O2. The zero-order valence-corrected chi connectivity index (χ0v) is 17.5. The number of carbonyl (C=O) groups is 2. The molecule has 3 fully saturated rings. The molecule has 8 heteroatoms. The van der Waals surface area contributed by atoms with Crippen molar-refractivity contribution >= 4 is 36.6 Å². The van der Waals surface area contributed by atoms with Crippen LogP contribution in [-0.4, -0.2) is 84.9 Å². The summed E-state index contributed by atoms with van der Waals surface area (Å²) in [4.78, 5) is 31.1. The Morgan fingerprint density at radius 1 is 1.00 bits per heavy atom. The Morgan fingerprint density at radius 2 is 1.65 bits per heavy atom. The molecule has 3 saturated heterocycles. The van der Waals surface area contributed by atoms with E-state index in [-0.39, 0.29) is 36.8 Å². The van der Waals surface area contributed by atoms with Crippen molar-refractivity contribution in [3.05, 3.63) is 0 Å². The molecule has 2 atom stereocenters. The molecule has 0 aromatic heterocycles. The number of amides is 2. The highest BCUT2D eigenvalue weighted by Crippen LogP contribution is 2.17. The maximum absolute atomic E-state index is 12.5. The highest BCUT2D eigenvalue weighted by Gasteiger charge is 2.31. The van der Waals surface area contributed by atoms with Gasteiger partial charge in [0.15, 0.2) is 0 Å².